The second-order valence-corrected chi connectivity index (χ2v) is 9.73. The minimum Gasteiger partial charge on any atom is -0.478 e. The first-order chi connectivity index (χ1) is 19.9. The van der Waals surface area contributed by atoms with Gasteiger partial charge in [-0.05, 0) is 63.1 Å². The fraction of sp³-hybridized carbons (Fsp3) is 0.394. The Morgan fingerprint density at radius 1 is 0.780 bits per heavy atom. The monoisotopic (exact) mass is 561 g/mol. The number of rotatable bonds is 13. The maximum atomic E-state index is 14.4. The molecule has 1 heterocycles. The fourth-order valence-corrected chi connectivity index (χ4v) is 5.57. The summed E-state index contributed by atoms with van der Waals surface area (Å²) in [6, 6.07) is 20.0. The van der Waals surface area contributed by atoms with Gasteiger partial charge in [-0.3, -0.25) is 4.79 Å². The number of carboxylic acid groups (broad SMARTS) is 1. The smallest absolute Gasteiger partial charge is 0.336 e. The van der Waals surface area contributed by atoms with Crippen LogP contribution in [0.3, 0.4) is 0 Å². The Morgan fingerprint density at radius 2 is 1.27 bits per heavy atom. The van der Waals surface area contributed by atoms with Crippen LogP contribution in [0.4, 0.5) is 5.69 Å². The van der Waals surface area contributed by atoms with E-state index in [0.29, 0.717) is 32.1 Å². The van der Waals surface area contributed by atoms with Gasteiger partial charge in [0.1, 0.15) is 0 Å². The molecule has 0 spiro atoms. The Hall–Kier alpha value is -3.56. The number of nitrogens with zero attached hydrogens (tertiary/aromatic N) is 1. The van der Waals surface area contributed by atoms with Crippen molar-refractivity contribution in [3.8, 4) is 0 Å². The number of ether oxygens (including phenoxy) is 4. The Bertz CT molecular complexity index is 1340. The molecular formula is C33H39NO7. The number of ketones is 1. The Morgan fingerprint density at radius 3 is 1.78 bits per heavy atom. The molecule has 1 N–H and O–H groups in total. The molecule has 0 radical (unpaired) electrons. The van der Waals surface area contributed by atoms with Crippen molar-refractivity contribution in [2.45, 2.75) is 52.2 Å². The molecule has 2 atom stereocenters. The summed E-state index contributed by atoms with van der Waals surface area (Å²) in [6.45, 7) is 9.54. The van der Waals surface area contributed by atoms with Gasteiger partial charge >= 0.3 is 5.97 Å². The SMILES string of the molecule is CCOC(OCC)c1cccc(C2C(=O)c3c(C(=O)O)cccc3N(C)C2c2cccc(C(OCC)OCC)c2)c1. The van der Waals surface area contributed by atoms with Crippen LogP contribution in [0.15, 0.2) is 66.7 Å². The van der Waals surface area contributed by atoms with Crippen LogP contribution in [0, 0.1) is 0 Å². The van der Waals surface area contributed by atoms with Gasteiger partial charge in [-0.2, -0.15) is 0 Å². The number of Topliss-reactive ketones (excluding diaryl/α,β-unsaturated/α-hetero) is 1. The Balaban J connectivity index is 1.91. The van der Waals surface area contributed by atoms with Gasteiger partial charge in [0.25, 0.3) is 0 Å². The summed E-state index contributed by atoms with van der Waals surface area (Å²) in [5, 5.41) is 9.99. The van der Waals surface area contributed by atoms with E-state index in [1.54, 1.807) is 12.1 Å². The van der Waals surface area contributed by atoms with Crippen LogP contribution in [-0.2, 0) is 18.9 Å². The lowest BCUT2D eigenvalue weighted by Gasteiger charge is -2.42. The highest BCUT2D eigenvalue weighted by molar-refractivity contribution is 6.14. The lowest BCUT2D eigenvalue weighted by atomic mass is 9.75. The molecule has 4 rings (SSSR count). The number of aromatic carboxylic acids is 1. The van der Waals surface area contributed by atoms with E-state index in [1.807, 2.05) is 88.2 Å². The van der Waals surface area contributed by atoms with Crippen molar-refractivity contribution in [2.75, 3.05) is 38.4 Å². The summed E-state index contributed by atoms with van der Waals surface area (Å²) in [5.74, 6) is -2.09. The van der Waals surface area contributed by atoms with Crippen LogP contribution in [0.5, 0.6) is 0 Å². The minimum atomic E-state index is -1.14. The number of hydrogen-bond donors (Lipinski definition) is 1. The standard InChI is InChI=1S/C33H39NO7/c1-6-38-32(39-7-2)23-15-10-13-21(19-23)27-29(22-14-11-16-24(20-22)33(40-8-3)41-9-4)34(5)26-18-12-17-25(31(36)37)28(26)30(27)35/h10-20,27,29,32-33H,6-9H2,1-5H3,(H,36,37). The average Bonchev–Trinajstić information content (AvgIpc) is 2.98. The van der Waals surface area contributed by atoms with E-state index in [0.717, 1.165) is 22.3 Å². The third-order valence-electron chi connectivity index (χ3n) is 7.25. The highest BCUT2D eigenvalue weighted by Gasteiger charge is 2.43. The Labute approximate surface area is 241 Å². The number of carbonyl (C=O) groups is 2. The van der Waals surface area contributed by atoms with Crippen molar-refractivity contribution in [1.82, 2.24) is 0 Å². The molecule has 0 saturated carbocycles. The third-order valence-corrected chi connectivity index (χ3v) is 7.25. The average molecular weight is 562 g/mol. The van der Waals surface area contributed by atoms with Gasteiger partial charge in [0.05, 0.1) is 23.1 Å². The summed E-state index contributed by atoms with van der Waals surface area (Å²) in [6.07, 6.45) is -1.12. The van der Waals surface area contributed by atoms with E-state index >= 15 is 0 Å². The zero-order valence-corrected chi connectivity index (χ0v) is 24.3. The van der Waals surface area contributed by atoms with Crippen LogP contribution < -0.4 is 4.90 Å². The first-order valence-electron chi connectivity index (χ1n) is 14.2. The highest BCUT2D eigenvalue weighted by Crippen LogP contribution is 2.47. The van der Waals surface area contributed by atoms with Gasteiger partial charge in [-0.15, -0.1) is 0 Å². The van der Waals surface area contributed by atoms with E-state index < -0.39 is 30.5 Å². The molecule has 0 aromatic heterocycles. The quantitative estimate of drug-likeness (QED) is 0.231. The summed E-state index contributed by atoms with van der Waals surface area (Å²) in [4.78, 5) is 28.6. The van der Waals surface area contributed by atoms with Gasteiger partial charge in [-0.1, -0.05) is 42.5 Å². The maximum Gasteiger partial charge on any atom is 0.336 e. The first-order valence-corrected chi connectivity index (χ1v) is 14.2. The topological polar surface area (TPSA) is 94.5 Å². The van der Waals surface area contributed by atoms with Gasteiger partial charge in [0.2, 0.25) is 0 Å². The van der Waals surface area contributed by atoms with Crippen LogP contribution in [0.2, 0.25) is 0 Å². The first kappa shape index (κ1) is 30.4. The van der Waals surface area contributed by atoms with Crippen molar-refractivity contribution in [3.63, 3.8) is 0 Å². The molecular weight excluding hydrogens is 522 g/mol. The van der Waals surface area contributed by atoms with Crippen molar-refractivity contribution in [2.24, 2.45) is 0 Å². The predicted octanol–water partition coefficient (Wildman–Crippen LogP) is 6.69. The van der Waals surface area contributed by atoms with Crippen molar-refractivity contribution < 1.29 is 33.6 Å². The maximum absolute atomic E-state index is 14.4. The molecule has 1 aliphatic heterocycles. The van der Waals surface area contributed by atoms with Crippen molar-refractivity contribution in [1.29, 1.82) is 0 Å². The molecule has 0 amide bonds. The molecule has 3 aromatic rings. The largest absolute Gasteiger partial charge is 0.478 e. The van der Waals surface area contributed by atoms with E-state index in [9.17, 15) is 14.7 Å². The number of hydrogen-bond acceptors (Lipinski definition) is 7. The lowest BCUT2D eigenvalue weighted by molar-refractivity contribution is -0.140. The molecule has 218 valence electrons. The van der Waals surface area contributed by atoms with Crippen LogP contribution in [0.1, 0.15) is 95.2 Å². The second kappa shape index (κ2) is 13.9. The van der Waals surface area contributed by atoms with Gasteiger partial charge < -0.3 is 29.0 Å². The third kappa shape index (κ3) is 6.36. The molecule has 3 aromatic carbocycles. The normalized spacial score (nSPS) is 16.9. The molecule has 8 nitrogen and oxygen atoms in total. The summed E-state index contributed by atoms with van der Waals surface area (Å²) in [7, 11) is 1.90. The summed E-state index contributed by atoms with van der Waals surface area (Å²) < 4.78 is 23.4. The van der Waals surface area contributed by atoms with Crippen LogP contribution in [-0.4, -0.2) is 50.3 Å². The Kier molecular flexibility index (Phi) is 10.3. The number of anilines is 1. The number of fused-ring (bicyclic) bond motifs is 1. The molecule has 1 aliphatic rings. The number of carbonyl (C=O) groups excluding carboxylic acids is 1. The zero-order chi connectivity index (χ0) is 29.5. The van der Waals surface area contributed by atoms with Crippen molar-refractivity contribution >= 4 is 17.4 Å². The van der Waals surface area contributed by atoms with E-state index in [2.05, 4.69) is 0 Å². The lowest BCUT2D eigenvalue weighted by Crippen LogP contribution is -2.40. The highest BCUT2D eigenvalue weighted by atomic mass is 16.7. The van der Waals surface area contributed by atoms with Crippen LogP contribution >= 0.6 is 0 Å². The number of benzene rings is 3. The van der Waals surface area contributed by atoms with Gasteiger partial charge in [-0.25, -0.2) is 4.79 Å². The molecule has 0 fully saturated rings. The molecule has 2 unspecified atom stereocenters. The molecule has 0 bridgehead atoms. The van der Waals surface area contributed by atoms with Gasteiger partial charge in [0.15, 0.2) is 18.4 Å². The van der Waals surface area contributed by atoms with E-state index in [1.165, 1.54) is 6.07 Å². The fourth-order valence-electron chi connectivity index (χ4n) is 5.57. The van der Waals surface area contributed by atoms with E-state index in [4.69, 9.17) is 18.9 Å². The zero-order valence-electron chi connectivity index (χ0n) is 24.3. The molecule has 41 heavy (non-hydrogen) atoms. The number of carboxylic acids is 1. The molecule has 0 aliphatic carbocycles. The van der Waals surface area contributed by atoms with Gasteiger partial charge in [0, 0.05) is 50.3 Å². The predicted molar refractivity (Wildman–Crippen MR) is 156 cm³/mol. The summed E-state index contributed by atoms with van der Waals surface area (Å²) in [5.41, 5.74) is 4.04. The number of likely N-dealkylation sites (N-methyl/N-ethyl adjacent to an activating group) is 1. The van der Waals surface area contributed by atoms with Crippen LogP contribution in [0.25, 0.3) is 0 Å². The summed E-state index contributed by atoms with van der Waals surface area (Å²) >= 11 is 0. The second-order valence-electron chi connectivity index (χ2n) is 9.73. The van der Waals surface area contributed by atoms with E-state index in [-0.39, 0.29) is 16.9 Å². The minimum absolute atomic E-state index is 0.0121. The molecule has 8 heteroatoms. The van der Waals surface area contributed by atoms with Crippen molar-refractivity contribution in [3.05, 3.63) is 100 Å². The molecule has 0 saturated heterocycles.